The second-order valence-corrected chi connectivity index (χ2v) is 20.1. The number of halogens is 2. The SMILES string of the molecule is CCCC(F)(F)C(CCC[C@@H]1[C@@H](C/C=C\CCCC(=O)OC)[C@@H](OC2CCCCO2)C[C@H]1OC(=O)c1ccccc1)O[Si](C)(C)C(C)(C)C. The highest BCUT2D eigenvalue weighted by Gasteiger charge is 2.49. The molecule has 1 aliphatic heterocycles. The Labute approximate surface area is 294 Å². The van der Waals surface area contributed by atoms with Crippen LogP contribution < -0.4 is 0 Å². The van der Waals surface area contributed by atoms with Crippen molar-refractivity contribution in [1.82, 2.24) is 0 Å². The van der Waals surface area contributed by atoms with Gasteiger partial charge in [0.05, 0.1) is 18.8 Å². The van der Waals surface area contributed by atoms with Crippen LogP contribution in [0, 0.1) is 11.8 Å². The Morgan fingerprint density at radius 3 is 2.41 bits per heavy atom. The average Bonchev–Trinajstić information content (AvgIpc) is 3.36. The van der Waals surface area contributed by atoms with Gasteiger partial charge in [0.2, 0.25) is 0 Å². The highest BCUT2D eigenvalue weighted by Crippen LogP contribution is 2.45. The van der Waals surface area contributed by atoms with Gasteiger partial charge in [-0.1, -0.05) is 70.9 Å². The quantitative estimate of drug-likeness (QED) is 0.0613. The summed E-state index contributed by atoms with van der Waals surface area (Å²) in [6.07, 6.45) is 9.35. The molecule has 0 bridgehead atoms. The highest BCUT2D eigenvalue weighted by molar-refractivity contribution is 6.74. The van der Waals surface area contributed by atoms with E-state index in [1.807, 2.05) is 31.3 Å². The maximum absolute atomic E-state index is 15.6. The molecule has 10 heteroatoms. The predicted octanol–water partition coefficient (Wildman–Crippen LogP) is 10.0. The molecular formula is C39H62F2O7Si. The number of hydrogen-bond donors (Lipinski definition) is 0. The molecule has 1 aromatic carbocycles. The normalized spacial score (nSPS) is 24.2. The lowest BCUT2D eigenvalue weighted by Gasteiger charge is -2.41. The van der Waals surface area contributed by atoms with Crippen LogP contribution >= 0.6 is 0 Å². The van der Waals surface area contributed by atoms with Crippen LogP contribution in [0.5, 0.6) is 0 Å². The minimum atomic E-state index is -2.94. The zero-order valence-electron chi connectivity index (χ0n) is 31.0. The number of unbranched alkanes of at least 4 members (excludes halogenated alkanes) is 1. The number of allylic oxidation sites excluding steroid dienone is 2. The summed E-state index contributed by atoms with van der Waals surface area (Å²) in [5, 5.41) is -0.199. The van der Waals surface area contributed by atoms with Gasteiger partial charge in [-0.15, -0.1) is 0 Å². The number of hydrogen-bond acceptors (Lipinski definition) is 7. The first-order valence-corrected chi connectivity index (χ1v) is 21.4. The standard InChI is InChI=1S/C39H62F2O7Si/c1-8-26-39(40,41)34(48-49(6,7)38(2,3)4)23-18-22-31-30(21-14-9-10-15-24-35(42)44-5)32(46-36-25-16-17-27-45-36)28-33(31)47-37(43)29-19-12-11-13-20-29/h9,11-14,19-20,30-34,36H,8,10,15-18,21-28H2,1-7H3/b14-9-/t30-,31-,32+,33-,34?,36?/m1/s1. The van der Waals surface area contributed by atoms with Crippen LogP contribution in [-0.2, 0) is 28.2 Å². The summed E-state index contributed by atoms with van der Waals surface area (Å²) in [7, 11) is -1.08. The molecule has 0 spiro atoms. The Morgan fingerprint density at radius 2 is 1.78 bits per heavy atom. The average molecular weight is 709 g/mol. The van der Waals surface area contributed by atoms with E-state index < -0.39 is 32.4 Å². The molecule has 1 saturated carbocycles. The molecule has 3 rings (SSSR count). The van der Waals surface area contributed by atoms with Gasteiger partial charge >= 0.3 is 11.9 Å². The maximum atomic E-state index is 15.6. The largest absolute Gasteiger partial charge is 0.469 e. The van der Waals surface area contributed by atoms with E-state index in [0.29, 0.717) is 57.1 Å². The zero-order chi connectivity index (χ0) is 36.1. The fourth-order valence-electron chi connectivity index (χ4n) is 6.70. The second kappa shape index (κ2) is 19.5. The van der Waals surface area contributed by atoms with Crippen molar-refractivity contribution in [2.45, 2.75) is 160 Å². The zero-order valence-corrected chi connectivity index (χ0v) is 32.0. The Balaban J connectivity index is 1.85. The molecule has 7 nitrogen and oxygen atoms in total. The number of rotatable bonds is 19. The lowest BCUT2D eigenvalue weighted by atomic mass is 9.85. The number of ether oxygens (including phenoxy) is 4. The number of alkyl halides is 2. The summed E-state index contributed by atoms with van der Waals surface area (Å²) in [4.78, 5) is 24.9. The molecule has 2 unspecified atom stereocenters. The molecule has 0 amide bonds. The van der Waals surface area contributed by atoms with Crippen molar-refractivity contribution in [3.8, 4) is 0 Å². The van der Waals surface area contributed by atoms with E-state index in [4.69, 9.17) is 23.4 Å². The minimum Gasteiger partial charge on any atom is -0.469 e. The van der Waals surface area contributed by atoms with Crippen molar-refractivity contribution in [3.05, 3.63) is 48.0 Å². The van der Waals surface area contributed by atoms with Crippen LogP contribution in [0.15, 0.2) is 42.5 Å². The third kappa shape index (κ3) is 12.8. The molecule has 49 heavy (non-hydrogen) atoms. The topological polar surface area (TPSA) is 80.3 Å². The second-order valence-electron chi connectivity index (χ2n) is 15.3. The van der Waals surface area contributed by atoms with Crippen LogP contribution in [0.2, 0.25) is 18.1 Å². The number of methoxy groups -OCH3 is 1. The van der Waals surface area contributed by atoms with Gasteiger partial charge in [0.25, 0.3) is 5.92 Å². The van der Waals surface area contributed by atoms with Crippen molar-refractivity contribution >= 4 is 20.3 Å². The van der Waals surface area contributed by atoms with Crippen LogP contribution in [0.4, 0.5) is 8.78 Å². The van der Waals surface area contributed by atoms with Crippen LogP contribution in [0.3, 0.4) is 0 Å². The number of benzene rings is 1. The molecule has 2 fully saturated rings. The van der Waals surface area contributed by atoms with Crippen molar-refractivity contribution < 1.29 is 41.7 Å². The van der Waals surface area contributed by atoms with E-state index in [1.165, 1.54) is 7.11 Å². The first kappa shape index (κ1) is 41.3. The van der Waals surface area contributed by atoms with Crippen LogP contribution in [0.25, 0.3) is 0 Å². The summed E-state index contributed by atoms with van der Waals surface area (Å²) in [6.45, 7) is 12.7. The lowest BCUT2D eigenvalue weighted by Crippen LogP contribution is -2.49. The monoisotopic (exact) mass is 708 g/mol. The molecule has 0 N–H and O–H groups in total. The van der Waals surface area contributed by atoms with Gasteiger partial charge in [-0.2, -0.15) is 0 Å². The van der Waals surface area contributed by atoms with Gasteiger partial charge < -0.3 is 23.4 Å². The van der Waals surface area contributed by atoms with Gasteiger partial charge in [0.15, 0.2) is 14.6 Å². The van der Waals surface area contributed by atoms with E-state index in [0.717, 1.165) is 25.7 Å². The number of esters is 2. The van der Waals surface area contributed by atoms with Gasteiger partial charge in [0, 0.05) is 31.8 Å². The molecular weight excluding hydrogens is 647 g/mol. The van der Waals surface area contributed by atoms with E-state index in [-0.39, 0.29) is 48.1 Å². The van der Waals surface area contributed by atoms with Crippen LogP contribution in [0.1, 0.15) is 122 Å². The minimum absolute atomic E-state index is 0.00753. The molecule has 1 aromatic rings. The van der Waals surface area contributed by atoms with Gasteiger partial charge in [-0.3, -0.25) is 4.79 Å². The Bertz CT molecular complexity index is 1160. The Kier molecular flexibility index (Phi) is 16.4. The smallest absolute Gasteiger partial charge is 0.338 e. The Morgan fingerprint density at radius 1 is 1.04 bits per heavy atom. The molecule has 0 aromatic heterocycles. The van der Waals surface area contributed by atoms with E-state index in [9.17, 15) is 9.59 Å². The lowest BCUT2D eigenvalue weighted by molar-refractivity contribution is -0.196. The predicted molar refractivity (Wildman–Crippen MR) is 191 cm³/mol. The molecule has 1 saturated heterocycles. The first-order valence-electron chi connectivity index (χ1n) is 18.5. The van der Waals surface area contributed by atoms with Gasteiger partial charge in [-0.25, -0.2) is 13.6 Å². The van der Waals surface area contributed by atoms with E-state index in [1.54, 1.807) is 19.1 Å². The third-order valence-corrected chi connectivity index (χ3v) is 15.0. The molecule has 6 atom stereocenters. The fraction of sp³-hybridized carbons (Fsp3) is 0.744. The van der Waals surface area contributed by atoms with Crippen molar-refractivity contribution in [2.75, 3.05) is 13.7 Å². The van der Waals surface area contributed by atoms with Gasteiger partial charge in [0.1, 0.15) is 12.2 Å². The Hall–Kier alpha value is -2.14. The van der Waals surface area contributed by atoms with Crippen molar-refractivity contribution in [3.63, 3.8) is 0 Å². The molecule has 0 radical (unpaired) electrons. The molecule has 2 aliphatic rings. The van der Waals surface area contributed by atoms with Crippen molar-refractivity contribution in [2.24, 2.45) is 11.8 Å². The summed E-state index contributed by atoms with van der Waals surface area (Å²) < 4.78 is 61.3. The van der Waals surface area contributed by atoms with Gasteiger partial charge in [-0.05, 0) is 87.5 Å². The fourth-order valence-corrected chi connectivity index (χ4v) is 8.06. The maximum Gasteiger partial charge on any atom is 0.338 e. The molecule has 1 aliphatic carbocycles. The van der Waals surface area contributed by atoms with Crippen molar-refractivity contribution in [1.29, 1.82) is 0 Å². The molecule has 278 valence electrons. The number of carbonyl (C=O) groups is 2. The highest BCUT2D eigenvalue weighted by atomic mass is 28.4. The summed E-state index contributed by atoms with van der Waals surface area (Å²) in [5.41, 5.74) is 0.477. The first-order chi connectivity index (χ1) is 23.2. The van der Waals surface area contributed by atoms with E-state index in [2.05, 4.69) is 32.9 Å². The van der Waals surface area contributed by atoms with Crippen LogP contribution in [-0.4, -0.2) is 64.5 Å². The third-order valence-electron chi connectivity index (χ3n) is 10.6. The number of carbonyl (C=O) groups excluding carboxylic acids is 2. The summed E-state index contributed by atoms with van der Waals surface area (Å²) in [5.74, 6) is -3.67. The van der Waals surface area contributed by atoms with E-state index >= 15 is 8.78 Å². The summed E-state index contributed by atoms with van der Waals surface area (Å²) >= 11 is 0. The summed E-state index contributed by atoms with van der Waals surface area (Å²) in [6, 6.07) is 8.95. The molecule has 1 heterocycles.